The smallest absolute Gasteiger partial charge is 0.428 e. The quantitative estimate of drug-likeness (QED) is 0.394. The summed E-state index contributed by atoms with van der Waals surface area (Å²) in [4.78, 5) is 19.4. The van der Waals surface area contributed by atoms with Gasteiger partial charge in [0, 0.05) is 30.1 Å². The van der Waals surface area contributed by atoms with Crippen LogP contribution in [0.15, 0.2) is 59.8 Å². The molecule has 2 aromatic heterocycles. The molecule has 0 saturated carbocycles. The number of hydrogen-bond donors (Lipinski definition) is 1. The lowest BCUT2D eigenvalue weighted by atomic mass is 10.0. The van der Waals surface area contributed by atoms with Gasteiger partial charge in [-0.05, 0) is 43.3 Å². The van der Waals surface area contributed by atoms with E-state index in [0.29, 0.717) is 36.0 Å². The van der Waals surface area contributed by atoms with Crippen LogP contribution in [0.4, 0.5) is 29.6 Å². The number of anilines is 2. The van der Waals surface area contributed by atoms with E-state index in [-0.39, 0.29) is 21.5 Å². The molecule has 0 atom stereocenters. The molecule has 0 aliphatic rings. The zero-order valence-corrected chi connectivity index (χ0v) is 20.2. The maximum absolute atomic E-state index is 16.0. The van der Waals surface area contributed by atoms with E-state index in [2.05, 4.69) is 19.8 Å². The molecule has 0 aliphatic heterocycles. The van der Waals surface area contributed by atoms with Crippen LogP contribution in [0.5, 0.6) is 0 Å². The number of ether oxygens (including phenoxy) is 1. The highest BCUT2D eigenvalue weighted by atomic mass is 32.2. The molecule has 10 nitrogen and oxygen atoms in total. The molecule has 1 amide bonds. The van der Waals surface area contributed by atoms with E-state index in [1.807, 2.05) is 0 Å². The van der Waals surface area contributed by atoms with E-state index in [1.165, 1.54) is 29.1 Å². The lowest BCUT2D eigenvalue weighted by molar-refractivity contribution is 0.183. The maximum atomic E-state index is 16.0. The first kappa shape index (κ1) is 25.6. The molecule has 0 spiro atoms. The number of aromatic nitrogens is 4. The second-order valence-electron chi connectivity index (χ2n) is 7.50. The Hall–Kier alpha value is -4.46. The number of nitrogens with two attached hydrogens (primary N) is 1. The molecular weight excluding hydrogens is 513 g/mol. The topological polar surface area (TPSA) is 133 Å². The minimum absolute atomic E-state index is 0.0398. The summed E-state index contributed by atoms with van der Waals surface area (Å²) in [7, 11) is -4.31. The Morgan fingerprint density at radius 1 is 1.14 bits per heavy atom. The number of nitrogens with zero attached hydrogens (tertiary/aromatic N) is 5. The summed E-state index contributed by atoms with van der Waals surface area (Å²) in [5.41, 5.74) is 5.39. The number of carbonyl (C=O) groups excluding carboxylic acids is 1. The van der Waals surface area contributed by atoms with Crippen molar-refractivity contribution < 1.29 is 31.1 Å². The SMILES string of the molecule is CCn1cc(-c2ccnc(N)n2)c(-c2cccc(N(C(=O)OC)S(=O)(=O)c3cc(F)ccc3F)c2F)n1. The highest BCUT2D eigenvalue weighted by Crippen LogP contribution is 2.37. The lowest BCUT2D eigenvalue weighted by Crippen LogP contribution is -2.38. The van der Waals surface area contributed by atoms with Crippen molar-refractivity contribution in [2.45, 2.75) is 18.4 Å². The van der Waals surface area contributed by atoms with Gasteiger partial charge < -0.3 is 10.5 Å². The van der Waals surface area contributed by atoms with Crippen molar-refractivity contribution in [3.8, 4) is 22.5 Å². The van der Waals surface area contributed by atoms with Crippen LogP contribution in [-0.4, -0.2) is 41.4 Å². The van der Waals surface area contributed by atoms with Gasteiger partial charge in [-0.2, -0.15) is 9.40 Å². The average Bonchev–Trinajstić information content (AvgIpc) is 3.30. The highest BCUT2D eigenvalue weighted by molar-refractivity contribution is 7.93. The lowest BCUT2D eigenvalue weighted by Gasteiger charge is -2.22. The number of carbonyl (C=O) groups is 1. The third-order valence-electron chi connectivity index (χ3n) is 5.24. The van der Waals surface area contributed by atoms with Crippen molar-refractivity contribution in [1.82, 2.24) is 19.7 Å². The number of benzene rings is 2. The molecule has 4 aromatic rings. The predicted molar refractivity (Wildman–Crippen MR) is 127 cm³/mol. The molecule has 0 aliphatic carbocycles. The van der Waals surface area contributed by atoms with Gasteiger partial charge in [-0.3, -0.25) is 4.68 Å². The van der Waals surface area contributed by atoms with Crippen LogP contribution in [0, 0.1) is 17.5 Å². The number of amides is 1. The molecule has 0 fully saturated rings. The van der Waals surface area contributed by atoms with Crippen LogP contribution in [-0.2, 0) is 21.3 Å². The molecule has 0 radical (unpaired) electrons. The van der Waals surface area contributed by atoms with E-state index in [4.69, 9.17) is 5.73 Å². The number of aryl methyl sites for hydroxylation is 1. The Morgan fingerprint density at radius 2 is 1.89 bits per heavy atom. The average molecular weight is 533 g/mol. The van der Waals surface area contributed by atoms with Crippen LogP contribution in [0.1, 0.15) is 6.92 Å². The van der Waals surface area contributed by atoms with Crippen molar-refractivity contribution in [2.75, 3.05) is 17.1 Å². The Kier molecular flexibility index (Phi) is 6.85. The fourth-order valence-electron chi connectivity index (χ4n) is 3.54. The van der Waals surface area contributed by atoms with Crippen molar-refractivity contribution in [2.24, 2.45) is 0 Å². The van der Waals surface area contributed by atoms with Crippen molar-refractivity contribution in [3.63, 3.8) is 0 Å². The molecule has 0 unspecified atom stereocenters. The molecule has 14 heteroatoms. The fraction of sp³-hybridized carbons (Fsp3) is 0.130. The zero-order valence-electron chi connectivity index (χ0n) is 19.4. The molecule has 37 heavy (non-hydrogen) atoms. The minimum Gasteiger partial charge on any atom is -0.452 e. The van der Waals surface area contributed by atoms with E-state index < -0.39 is 44.2 Å². The highest BCUT2D eigenvalue weighted by Gasteiger charge is 2.37. The summed E-state index contributed by atoms with van der Waals surface area (Å²) in [6.45, 7) is 2.19. The molecule has 2 N–H and O–H groups in total. The Morgan fingerprint density at radius 3 is 2.57 bits per heavy atom. The van der Waals surface area contributed by atoms with E-state index in [0.717, 1.165) is 13.2 Å². The van der Waals surface area contributed by atoms with E-state index >= 15 is 4.39 Å². The first-order valence-corrected chi connectivity index (χ1v) is 12.1. The van der Waals surface area contributed by atoms with Gasteiger partial charge in [0.2, 0.25) is 5.95 Å². The normalized spacial score (nSPS) is 11.4. The molecule has 0 bridgehead atoms. The zero-order chi connectivity index (χ0) is 26.9. The van der Waals surface area contributed by atoms with Crippen molar-refractivity contribution in [3.05, 3.63) is 72.3 Å². The second kappa shape index (κ2) is 9.89. The molecule has 192 valence electrons. The summed E-state index contributed by atoms with van der Waals surface area (Å²) < 4.78 is 76.8. The van der Waals surface area contributed by atoms with Gasteiger partial charge in [0.1, 0.15) is 27.9 Å². The molecular formula is C23H19F3N6O4S. The van der Waals surface area contributed by atoms with Gasteiger partial charge in [0.15, 0.2) is 5.82 Å². The summed E-state index contributed by atoms with van der Waals surface area (Å²) in [6.07, 6.45) is 1.43. The summed E-state index contributed by atoms with van der Waals surface area (Å²) in [5.74, 6) is -3.67. The third kappa shape index (κ3) is 4.70. The molecule has 2 heterocycles. The number of halogens is 3. The summed E-state index contributed by atoms with van der Waals surface area (Å²) in [5, 5.41) is 4.36. The largest absolute Gasteiger partial charge is 0.452 e. The molecule has 2 aromatic carbocycles. The monoisotopic (exact) mass is 532 g/mol. The number of hydrogen-bond acceptors (Lipinski definition) is 8. The van der Waals surface area contributed by atoms with Crippen LogP contribution in [0.2, 0.25) is 0 Å². The van der Waals surface area contributed by atoms with Gasteiger partial charge in [0.05, 0.1) is 12.8 Å². The van der Waals surface area contributed by atoms with Crippen molar-refractivity contribution in [1.29, 1.82) is 0 Å². The van der Waals surface area contributed by atoms with Crippen molar-refractivity contribution >= 4 is 27.8 Å². The Labute approximate surface area is 209 Å². The standard InChI is InChI=1S/C23H19F3N6O4S/c1-3-31-12-15(17-9-10-28-22(27)29-17)21(30-31)14-5-4-6-18(20(14)26)32(23(33)36-2)37(34,35)19-11-13(24)7-8-16(19)25/h4-12H,3H2,1-2H3,(H2,27,28,29). The number of sulfonamides is 1. The number of methoxy groups -OCH3 is 1. The summed E-state index contributed by atoms with van der Waals surface area (Å²) >= 11 is 0. The Bertz CT molecular complexity index is 1610. The first-order valence-electron chi connectivity index (χ1n) is 10.6. The van der Waals surface area contributed by atoms with Crippen LogP contribution >= 0.6 is 0 Å². The van der Waals surface area contributed by atoms with Crippen LogP contribution in [0.3, 0.4) is 0 Å². The third-order valence-corrected chi connectivity index (χ3v) is 6.94. The van der Waals surface area contributed by atoms with Gasteiger partial charge in [-0.1, -0.05) is 6.07 Å². The van der Waals surface area contributed by atoms with Gasteiger partial charge in [0.25, 0.3) is 10.0 Å². The predicted octanol–water partition coefficient (Wildman–Crippen LogP) is 3.99. The van der Waals surface area contributed by atoms with Gasteiger partial charge in [-0.25, -0.2) is 36.4 Å². The van der Waals surface area contributed by atoms with Gasteiger partial charge >= 0.3 is 6.09 Å². The van der Waals surface area contributed by atoms with E-state index in [9.17, 15) is 22.0 Å². The summed E-state index contributed by atoms with van der Waals surface area (Å²) in [6, 6.07) is 6.72. The Balaban J connectivity index is 1.94. The molecule has 0 saturated heterocycles. The maximum Gasteiger partial charge on any atom is 0.428 e. The number of rotatable bonds is 6. The fourth-order valence-corrected chi connectivity index (χ4v) is 4.98. The van der Waals surface area contributed by atoms with Crippen LogP contribution < -0.4 is 10.0 Å². The second-order valence-corrected chi connectivity index (χ2v) is 9.26. The molecule has 4 rings (SSSR count). The minimum atomic E-state index is -5.17. The number of nitrogen functional groups attached to an aromatic ring is 1. The van der Waals surface area contributed by atoms with Gasteiger partial charge in [-0.15, -0.1) is 0 Å². The van der Waals surface area contributed by atoms with Crippen LogP contribution in [0.25, 0.3) is 22.5 Å². The van der Waals surface area contributed by atoms with E-state index in [1.54, 1.807) is 13.1 Å². The first-order chi connectivity index (χ1) is 17.6.